The van der Waals surface area contributed by atoms with E-state index in [0.717, 1.165) is 11.3 Å². The Bertz CT molecular complexity index is 1100. The Morgan fingerprint density at radius 3 is 2.42 bits per heavy atom. The Hall–Kier alpha value is -2.78. The standard InChI is InChI=1S/C22H26N4O4S/c1-15-13-18-14-20(3-4-21(18)26(15)16(2)27)31(29,30)25-11-7-19(8-12-25)24-22(28)17-5-9-23-10-6-17/h3-6,9-10,14-15,19H,7-8,11-13H2,1-2H3,(H,24,28)/t15-/m1/s1. The number of rotatable bonds is 4. The molecule has 3 heterocycles. The molecule has 1 saturated heterocycles. The number of piperidine rings is 1. The normalized spacial score (nSPS) is 19.8. The van der Waals surface area contributed by atoms with Crippen molar-refractivity contribution in [3.8, 4) is 0 Å². The van der Waals surface area contributed by atoms with Crippen LogP contribution in [0.2, 0.25) is 0 Å². The second-order valence-electron chi connectivity index (χ2n) is 8.12. The van der Waals surface area contributed by atoms with E-state index in [4.69, 9.17) is 0 Å². The molecule has 31 heavy (non-hydrogen) atoms. The predicted molar refractivity (Wildman–Crippen MR) is 116 cm³/mol. The fourth-order valence-corrected chi connectivity index (χ4v) is 5.93. The molecule has 0 radical (unpaired) electrons. The number of benzene rings is 1. The van der Waals surface area contributed by atoms with Gasteiger partial charge in [0.05, 0.1) is 4.90 Å². The van der Waals surface area contributed by atoms with E-state index < -0.39 is 10.0 Å². The highest BCUT2D eigenvalue weighted by atomic mass is 32.2. The first-order valence-corrected chi connectivity index (χ1v) is 11.8. The highest BCUT2D eigenvalue weighted by molar-refractivity contribution is 7.89. The second kappa shape index (κ2) is 8.39. The highest BCUT2D eigenvalue weighted by Gasteiger charge is 2.33. The Labute approximate surface area is 182 Å². The molecule has 0 unspecified atom stereocenters. The molecule has 0 bridgehead atoms. The molecule has 9 heteroatoms. The molecule has 1 N–H and O–H groups in total. The number of aromatic nitrogens is 1. The largest absolute Gasteiger partial charge is 0.349 e. The van der Waals surface area contributed by atoms with Crippen molar-refractivity contribution in [2.45, 2.75) is 50.1 Å². The Morgan fingerprint density at radius 2 is 1.77 bits per heavy atom. The molecule has 164 valence electrons. The van der Waals surface area contributed by atoms with Crippen molar-refractivity contribution in [2.75, 3.05) is 18.0 Å². The van der Waals surface area contributed by atoms with E-state index in [1.807, 2.05) is 6.92 Å². The van der Waals surface area contributed by atoms with Crippen molar-refractivity contribution >= 4 is 27.5 Å². The van der Waals surface area contributed by atoms with Crippen LogP contribution in [0.5, 0.6) is 0 Å². The van der Waals surface area contributed by atoms with Crippen molar-refractivity contribution in [1.82, 2.24) is 14.6 Å². The van der Waals surface area contributed by atoms with Crippen LogP contribution in [0.25, 0.3) is 0 Å². The maximum absolute atomic E-state index is 13.2. The van der Waals surface area contributed by atoms with Crippen molar-refractivity contribution in [2.24, 2.45) is 0 Å². The zero-order valence-corrected chi connectivity index (χ0v) is 18.4. The summed E-state index contributed by atoms with van der Waals surface area (Å²) in [7, 11) is -3.63. The van der Waals surface area contributed by atoms with Crippen LogP contribution in [0.3, 0.4) is 0 Å². The average Bonchev–Trinajstić information content (AvgIpc) is 3.09. The van der Waals surface area contributed by atoms with Gasteiger partial charge < -0.3 is 10.2 Å². The number of pyridine rings is 1. The molecule has 0 aliphatic carbocycles. The van der Waals surface area contributed by atoms with Gasteiger partial charge in [-0.15, -0.1) is 0 Å². The van der Waals surface area contributed by atoms with Crippen LogP contribution in [0.15, 0.2) is 47.6 Å². The smallest absolute Gasteiger partial charge is 0.251 e. The molecule has 2 aliphatic heterocycles. The van der Waals surface area contributed by atoms with Crippen molar-refractivity contribution in [3.63, 3.8) is 0 Å². The van der Waals surface area contributed by atoms with E-state index in [-0.39, 0.29) is 28.8 Å². The van der Waals surface area contributed by atoms with E-state index in [1.165, 1.54) is 11.2 Å². The van der Waals surface area contributed by atoms with Gasteiger partial charge in [0.15, 0.2) is 0 Å². The summed E-state index contributed by atoms with van der Waals surface area (Å²) in [4.78, 5) is 30.1. The van der Waals surface area contributed by atoms with Crippen LogP contribution in [-0.2, 0) is 21.2 Å². The lowest BCUT2D eigenvalue weighted by atomic mass is 10.1. The summed E-state index contributed by atoms with van der Waals surface area (Å²) in [5.74, 6) is -0.218. The van der Waals surface area contributed by atoms with Crippen LogP contribution in [-0.4, -0.2) is 54.7 Å². The number of nitrogens with zero attached hydrogens (tertiary/aromatic N) is 3. The number of carbonyl (C=O) groups excluding carboxylic acids is 2. The highest BCUT2D eigenvalue weighted by Crippen LogP contribution is 2.34. The SMILES string of the molecule is CC(=O)N1c2ccc(S(=O)(=O)N3CCC(NC(=O)c4ccncc4)CC3)cc2C[C@H]1C. The molecule has 0 saturated carbocycles. The van der Waals surface area contributed by atoms with Gasteiger partial charge in [0, 0.05) is 55.7 Å². The minimum absolute atomic E-state index is 0.0187. The van der Waals surface area contributed by atoms with Gasteiger partial charge in [-0.25, -0.2) is 8.42 Å². The van der Waals surface area contributed by atoms with Gasteiger partial charge in [0.1, 0.15) is 0 Å². The number of sulfonamides is 1. The van der Waals surface area contributed by atoms with E-state index in [2.05, 4.69) is 10.3 Å². The molecular formula is C22H26N4O4S. The summed E-state index contributed by atoms with van der Waals surface area (Å²) in [5.41, 5.74) is 2.21. The van der Waals surface area contributed by atoms with Crippen molar-refractivity contribution in [1.29, 1.82) is 0 Å². The summed E-state index contributed by atoms with van der Waals surface area (Å²) in [5, 5.41) is 2.98. The average molecular weight is 443 g/mol. The summed E-state index contributed by atoms with van der Waals surface area (Å²) in [6, 6.07) is 8.26. The van der Waals surface area contributed by atoms with Gasteiger partial charge >= 0.3 is 0 Å². The van der Waals surface area contributed by atoms with Crippen LogP contribution >= 0.6 is 0 Å². The van der Waals surface area contributed by atoms with Gasteiger partial charge in [-0.1, -0.05) is 0 Å². The first-order chi connectivity index (χ1) is 14.8. The lowest BCUT2D eigenvalue weighted by Gasteiger charge is -2.31. The van der Waals surface area contributed by atoms with Crippen molar-refractivity contribution < 1.29 is 18.0 Å². The molecule has 2 aliphatic rings. The molecule has 0 spiro atoms. The van der Waals surface area contributed by atoms with Gasteiger partial charge in [-0.05, 0) is 62.1 Å². The summed E-state index contributed by atoms with van der Waals surface area (Å²) in [6.45, 7) is 4.17. The number of anilines is 1. The van der Waals surface area contributed by atoms with Crippen LogP contribution in [0, 0.1) is 0 Å². The molecule has 1 fully saturated rings. The van der Waals surface area contributed by atoms with Gasteiger partial charge in [-0.3, -0.25) is 14.6 Å². The quantitative estimate of drug-likeness (QED) is 0.780. The van der Waals surface area contributed by atoms with E-state index in [1.54, 1.807) is 47.6 Å². The van der Waals surface area contributed by atoms with Gasteiger partial charge in [0.25, 0.3) is 5.91 Å². The molecule has 2 amide bonds. The second-order valence-corrected chi connectivity index (χ2v) is 10.1. The molecule has 4 rings (SSSR count). The molecule has 1 aromatic heterocycles. The topological polar surface area (TPSA) is 99.7 Å². The fraction of sp³-hybridized carbons (Fsp3) is 0.409. The lowest BCUT2D eigenvalue weighted by molar-refractivity contribution is -0.116. The maximum atomic E-state index is 13.2. The minimum Gasteiger partial charge on any atom is -0.349 e. The number of hydrogen-bond acceptors (Lipinski definition) is 5. The van der Waals surface area contributed by atoms with E-state index in [0.29, 0.717) is 37.9 Å². The number of fused-ring (bicyclic) bond motifs is 1. The monoisotopic (exact) mass is 442 g/mol. The fourth-order valence-electron chi connectivity index (χ4n) is 4.41. The van der Waals surface area contributed by atoms with Crippen LogP contribution in [0.1, 0.15) is 42.6 Å². The Kier molecular flexibility index (Phi) is 5.81. The lowest BCUT2D eigenvalue weighted by Crippen LogP contribution is -2.46. The molecule has 1 atom stereocenters. The first kappa shape index (κ1) is 21.5. The maximum Gasteiger partial charge on any atom is 0.251 e. The predicted octanol–water partition coefficient (Wildman–Crippen LogP) is 1.96. The molecule has 8 nitrogen and oxygen atoms in total. The third kappa shape index (κ3) is 4.20. The summed E-state index contributed by atoms with van der Waals surface area (Å²) in [6.07, 6.45) is 4.88. The summed E-state index contributed by atoms with van der Waals surface area (Å²) < 4.78 is 27.8. The number of nitrogens with one attached hydrogen (secondary N) is 1. The Morgan fingerprint density at radius 1 is 1.10 bits per heavy atom. The first-order valence-electron chi connectivity index (χ1n) is 10.4. The van der Waals surface area contributed by atoms with Gasteiger partial charge in [0.2, 0.25) is 15.9 Å². The zero-order chi connectivity index (χ0) is 22.2. The summed E-state index contributed by atoms with van der Waals surface area (Å²) >= 11 is 0. The van der Waals surface area contributed by atoms with E-state index >= 15 is 0 Å². The third-order valence-electron chi connectivity index (χ3n) is 5.98. The molecular weight excluding hydrogens is 416 g/mol. The van der Waals surface area contributed by atoms with Crippen molar-refractivity contribution in [3.05, 3.63) is 53.9 Å². The van der Waals surface area contributed by atoms with Crippen LogP contribution in [0.4, 0.5) is 5.69 Å². The minimum atomic E-state index is -3.63. The number of carbonyl (C=O) groups is 2. The molecule has 1 aromatic carbocycles. The number of hydrogen-bond donors (Lipinski definition) is 1. The van der Waals surface area contributed by atoms with E-state index in [9.17, 15) is 18.0 Å². The Balaban J connectivity index is 1.42. The third-order valence-corrected chi connectivity index (χ3v) is 7.87. The molecule has 2 aromatic rings. The van der Waals surface area contributed by atoms with Crippen LogP contribution < -0.4 is 10.2 Å². The zero-order valence-electron chi connectivity index (χ0n) is 17.6. The van der Waals surface area contributed by atoms with Gasteiger partial charge in [-0.2, -0.15) is 4.31 Å². The number of amides is 2.